The number of carbonyl (C=O) groups is 2. The van der Waals surface area contributed by atoms with Crippen molar-refractivity contribution in [2.45, 2.75) is 0 Å². The number of benzene rings is 2. The Morgan fingerprint density at radius 2 is 1.65 bits per heavy atom. The second kappa shape index (κ2) is 3.98. The van der Waals surface area contributed by atoms with Crippen molar-refractivity contribution in [2.24, 2.45) is 0 Å². The topological polar surface area (TPSA) is 50.3 Å². The van der Waals surface area contributed by atoms with Crippen LogP contribution >= 0.6 is 11.3 Å². The van der Waals surface area contributed by atoms with Gasteiger partial charge in [0.15, 0.2) is 0 Å². The van der Waals surface area contributed by atoms with Crippen LogP contribution in [0.1, 0.15) is 20.7 Å². The molecule has 0 spiro atoms. The van der Waals surface area contributed by atoms with E-state index >= 15 is 0 Å². The van der Waals surface area contributed by atoms with Crippen molar-refractivity contribution in [2.75, 3.05) is 4.90 Å². The maximum Gasteiger partial charge on any atom is 0.266 e. The first-order valence-corrected chi connectivity index (χ1v) is 6.95. The van der Waals surface area contributed by atoms with Gasteiger partial charge in [0.2, 0.25) is 0 Å². The summed E-state index contributed by atoms with van der Waals surface area (Å²) in [5, 5.41) is 0. The van der Waals surface area contributed by atoms with Crippen LogP contribution in [-0.4, -0.2) is 16.8 Å². The lowest BCUT2D eigenvalue weighted by Gasteiger charge is -2.13. The highest BCUT2D eigenvalue weighted by Gasteiger charge is 2.36. The molecule has 0 saturated carbocycles. The van der Waals surface area contributed by atoms with E-state index in [9.17, 15) is 9.59 Å². The fourth-order valence-corrected chi connectivity index (χ4v) is 3.12. The summed E-state index contributed by atoms with van der Waals surface area (Å²) in [5.74, 6) is -0.538. The van der Waals surface area contributed by atoms with Gasteiger partial charge in [-0.15, -0.1) is 11.3 Å². The van der Waals surface area contributed by atoms with Crippen LogP contribution in [0.2, 0.25) is 0 Å². The van der Waals surface area contributed by atoms with Gasteiger partial charge in [0.05, 0.1) is 32.5 Å². The molecule has 1 aliphatic heterocycles. The normalized spacial score (nSPS) is 14.1. The fourth-order valence-electron chi connectivity index (χ4n) is 2.41. The van der Waals surface area contributed by atoms with Gasteiger partial charge in [0.1, 0.15) is 0 Å². The third-order valence-corrected chi connectivity index (χ3v) is 4.16. The van der Waals surface area contributed by atoms with Crippen molar-refractivity contribution in [1.29, 1.82) is 0 Å². The molecule has 0 aliphatic carbocycles. The van der Waals surface area contributed by atoms with E-state index in [0.717, 1.165) is 10.2 Å². The van der Waals surface area contributed by atoms with Gasteiger partial charge in [0, 0.05) is 0 Å². The molecular weight excluding hydrogens is 272 g/mol. The summed E-state index contributed by atoms with van der Waals surface area (Å²) in [4.78, 5) is 30.2. The van der Waals surface area contributed by atoms with Crippen LogP contribution in [0.25, 0.3) is 10.2 Å². The summed E-state index contributed by atoms with van der Waals surface area (Å²) in [6.45, 7) is 0. The third-order valence-electron chi connectivity index (χ3n) is 3.37. The van der Waals surface area contributed by atoms with Gasteiger partial charge in [-0.1, -0.05) is 12.1 Å². The van der Waals surface area contributed by atoms with E-state index < -0.39 is 0 Å². The molecule has 0 bridgehead atoms. The average molecular weight is 280 g/mol. The summed E-state index contributed by atoms with van der Waals surface area (Å²) in [6.07, 6.45) is 0. The molecule has 2 amide bonds. The maximum absolute atomic E-state index is 12.4. The van der Waals surface area contributed by atoms with Crippen molar-refractivity contribution in [3.63, 3.8) is 0 Å². The smallest absolute Gasteiger partial charge is 0.266 e. The van der Waals surface area contributed by atoms with Gasteiger partial charge in [-0.3, -0.25) is 9.59 Å². The van der Waals surface area contributed by atoms with Crippen molar-refractivity contribution in [3.05, 3.63) is 59.1 Å². The molecule has 96 valence electrons. The lowest BCUT2D eigenvalue weighted by Crippen LogP contribution is -2.29. The maximum atomic E-state index is 12.4. The Bertz CT molecular complexity index is 834. The number of carbonyl (C=O) groups excluding carboxylic acids is 2. The second-order valence-corrected chi connectivity index (χ2v) is 5.38. The van der Waals surface area contributed by atoms with E-state index in [0.29, 0.717) is 16.8 Å². The first-order chi connectivity index (χ1) is 9.75. The van der Waals surface area contributed by atoms with Crippen molar-refractivity contribution in [3.8, 4) is 0 Å². The largest absolute Gasteiger partial charge is 0.268 e. The number of thiazole rings is 1. The first-order valence-electron chi connectivity index (χ1n) is 6.07. The number of fused-ring (bicyclic) bond motifs is 2. The number of hydrogen-bond acceptors (Lipinski definition) is 4. The molecule has 0 N–H and O–H groups in total. The molecule has 0 atom stereocenters. The van der Waals surface area contributed by atoms with Gasteiger partial charge >= 0.3 is 0 Å². The average Bonchev–Trinajstić information content (AvgIpc) is 3.03. The van der Waals surface area contributed by atoms with Crippen LogP contribution in [0, 0.1) is 0 Å². The quantitative estimate of drug-likeness (QED) is 0.644. The van der Waals surface area contributed by atoms with Crippen LogP contribution in [-0.2, 0) is 0 Å². The van der Waals surface area contributed by atoms with Crippen LogP contribution in [0.15, 0.2) is 48.0 Å². The van der Waals surface area contributed by atoms with E-state index in [4.69, 9.17) is 0 Å². The summed E-state index contributed by atoms with van der Waals surface area (Å²) < 4.78 is 0.957. The molecule has 20 heavy (non-hydrogen) atoms. The summed E-state index contributed by atoms with van der Waals surface area (Å²) in [5.41, 5.74) is 4.13. The second-order valence-electron chi connectivity index (χ2n) is 4.50. The van der Waals surface area contributed by atoms with E-state index in [-0.39, 0.29) is 11.8 Å². The number of anilines is 1. The molecule has 2 aromatic carbocycles. The first kappa shape index (κ1) is 11.3. The number of imide groups is 1. The number of nitrogens with zero attached hydrogens (tertiary/aromatic N) is 2. The minimum Gasteiger partial charge on any atom is -0.268 e. The molecule has 0 fully saturated rings. The zero-order chi connectivity index (χ0) is 13.7. The summed E-state index contributed by atoms with van der Waals surface area (Å²) in [6, 6.07) is 12.3. The molecule has 1 aromatic heterocycles. The third kappa shape index (κ3) is 1.44. The highest BCUT2D eigenvalue weighted by atomic mass is 32.1. The standard InChI is InChI=1S/C15H8N2O2S/c18-14-10-3-1-2-4-11(10)15(19)17(14)9-5-6-12-13(7-9)20-8-16-12/h1-8H. The molecule has 3 aromatic rings. The minimum atomic E-state index is -0.269. The highest BCUT2D eigenvalue weighted by Crippen LogP contribution is 2.31. The molecule has 4 rings (SSSR count). The van der Waals surface area contributed by atoms with Gasteiger partial charge < -0.3 is 0 Å². The zero-order valence-electron chi connectivity index (χ0n) is 10.2. The van der Waals surface area contributed by atoms with Crippen LogP contribution in [0.4, 0.5) is 5.69 Å². The van der Waals surface area contributed by atoms with Crippen LogP contribution in [0.3, 0.4) is 0 Å². The molecule has 4 nitrogen and oxygen atoms in total. The predicted molar refractivity (Wildman–Crippen MR) is 77.2 cm³/mol. The van der Waals surface area contributed by atoms with Crippen molar-refractivity contribution < 1.29 is 9.59 Å². The van der Waals surface area contributed by atoms with Crippen molar-refractivity contribution >= 4 is 39.1 Å². The Morgan fingerprint density at radius 3 is 2.35 bits per heavy atom. The number of aromatic nitrogens is 1. The molecular formula is C15H8N2O2S. The number of amides is 2. The lowest BCUT2D eigenvalue weighted by molar-refractivity contribution is 0.0926. The Balaban J connectivity index is 1.87. The Hall–Kier alpha value is -2.53. The molecule has 2 heterocycles. The van der Waals surface area contributed by atoms with Gasteiger partial charge in [0.25, 0.3) is 11.8 Å². The monoisotopic (exact) mass is 280 g/mol. The van der Waals surface area contributed by atoms with E-state index in [1.807, 2.05) is 12.1 Å². The van der Waals surface area contributed by atoms with E-state index in [1.165, 1.54) is 16.2 Å². The molecule has 0 saturated heterocycles. The summed E-state index contributed by atoms with van der Waals surface area (Å²) in [7, 11) is 0. The van der Waals surface area contributed by atoms with Gasteiger partial charge in [-0.25, -0.2) is 9.88 Å². The molecule has 0 radical (unpaired) electrons. The number of hydrogen-bond donors (Lipinski definition) is 0. The zero-order valence-corrected chi connectivity index (χ0v) is 11.1. The summed E-state index contributed by atoms with van der Waals surface area (Å²) >= 11 is 1.49. The van der Waals surface area contributed by atoms with Crippen LogP contribution < -0.4 is 4.90 Å². The van der Waals surface area contributed by atoms with E-state index in [2.05, 4.69) is 4.98 Å². The SMILES string of the molecule is O=C1c2ccccc2C(=O)N1c1ccc2ncsc2c1. The fraction of sp³-hybridized carbons (Fsp3) is 0. The minimum absolute atomic E-state index is 0.269. The Morgan fingerprint density at radius 1 is 0.950 bits per heavy atom. The molecule has 5 heteroatoms. The predicted octanol–water partition coefficient (Wildman–Crippen LogP) is 3.10. The Kier molecular flexibility index (Phi) is 2.25. The lowest BCUT2D eigenvalue weighted by atomic mass is 10.1. The molecule has 1 aliphatic rings. The van der Waals surface area contributed by atoms with Gasteiger partial charge in [-0.05, 0) is 30.3 Å². The molecule has 0 unspecified atom stereocenters. The van der Waals surface area contributed by atoms with Crippen molar-refractivity contribution in [1.82, 2.24) is 4.98 Å². The van der Waals surface area contributed by atoms with Gasteiger partial charge in [-0.2, -0.15) is 0 Å². The van der Waals surface area contributed by atoms with E-state index in [1.54, 1.807) is 35.8 Å². The highest BCUT2D eigenvalue weighted by molar-refractivity contribution is 7.16. The number of rotatable bonds is 1. The Labute approximate surface area is 118 Å². The van der Waals surface area contributed by atoms with Crippen LogP contribution in [0.5, 0.6) is 0 Å².